The number of carbonyl (C=O) groups excluding carboxylic acids is 1. The Kier molecular flexibility index (Phi) is 7.39. The molecule has 1 fully saturated rings. The quantitative estimate of drug-likeness (QED) is 0.846. The monoisotopic (exact) mass is 320 g/mol. The minimum atomic E-state index is -2.84. The van der Waals surface area contributed by atoms with E-state index >= 15 is 0 Å². The van der Waals surface area contributed by atoms with Crippen molar-refractivity contribution in [1.29, 1.82) is 0 Å². The van der Waals surface area contributed by atoms with Crippen molar-refractivity contribution in [3.05, 3.63) is 29.8 Å². The number of benzene rings is 1. The maximum Gasteiger partial charge on any atom is 0.387 e. The molecule has 1 atom stereocenters. The Morgan fingerprint density at radius 1 is 1.48 bits per heavy atom. The maximum absolute atomic E-state index is 12.1. The molecule has 0 saturated carbocycles. The zero-order valence-corrected chi connectivity index (χ0v) is 12.3. The van der Waals surface area contributed by atoms with Crippen molar-refractivity contribution >= 4 is 18.3 Å². The Morgan fingerprint density at radius 3 is 2.95 bits per heavy atom. The number of alkyl halides is 2. The zero-order chi connectivity index (χ0) is 14.4. The molecule has 2 N–H and O–H groups in total. The number of rotatable bonds is 6. The molecule has 118 valence electrons. The van der Waals surface area contributed by atoms with Crippen molar-refractivity contribution in [2.45, 2.75) is 38.5 Å². The van der Waals surface area contributed by atoms with Crippen LogP contribution in [0.15, 0.2) is 24.3 Å². The average Bonchev–Trinajstić information content (AvgIpc) is 2.89. The van der Waals surface area contributed by atoms with Gasteiger partial charge in [-0.1, -0.05) is 12.1 Å². The van der Waals surface area contributed by atoms with E-state index in [1.165, 1.54) is 12.1 Å². The lowest BCUT2D eigenvalue weighted by atomic mass is 10.1. The largest absolute Gasteiger partial charge is 0.435 e. The fourth-order valence-corrected chi connectivity index (χ4v) is 2.26. The molecule has 1 amide bonds. The first-order chi connectivity index (χ1) is 9.63. The molecule has 1 aromatic rings. The van der Waals surface area contributed by atoms with Gasteiger partial charge in [0.2, 0.25) is 5.91 Å². The summed E-state index contributed by atoms with van der Waals surface area (Å²) in [7, 11) is 0. The summed E-state index contributed by atoms with van der Waals surface area (Å²) in [5, 5.41) is 6.04. The summed E-state index contributed by atoms with van der Waals surface area (Å²) in [6.45, 7) is -1.56. The van der Waals surface area contributed by atoms with Gasteiger partial charge in [-0.2, -0.15) is 8.78 Å². The van der Waals surface area contributed by atoms with E-state index in [4.69, 9.17) is 0 Å². The predicted octanol–water partition coefficient (Wildman–Crippen LogP) is 2.47. The van der Waals surface area contributed by atoms with Crippen molar-refractivity contribution < 1.29 is 18.3 Å². The van der Waals surface area contributed by atoms with Crippen molar-refractivity contribution in [2.75, 3.05) is 6.54 Å². The van der Waals surface area contributed by atoms with E-state index in [0.717, 1.165) is 24.9 Å². The van der Waals surface area contributed by atoms with Gasteiger partial charge in [0, 0.05) is 19.0 Å². The molecular weight excluding hydrogens is 302 g/mol. The van der Waals surface area contributed by atoms with Gasteiger partial charge in [0.1, 0.15) is 5.75 Å². The second kappa shape index (κ2) is 8.79. The van der Waals surface area contributed by atoms with Gasteiger partial charge in [-0.05, 0) is 37.1 Å². The van der Waals surface area contributed by atoms with Crippen LogP contribution in [0.25, 0.3) is 0 Å². The fourth-order valence-electron chi connectivity index (χ4n) is 2.26. The molecule has 1 unspecified atom stereocenters. The van der Waals surface area contributed by atoms with Crippen LogP contribution in [-0.2, 0) is 11.3 Å². The molecule has 1 aliphatic heterocycles. The van der Waals surface area contributed by atoms with Gasteiger partial charge in [0.05, 0.1) is 0 Å². The third-order valence-electron chi connectivity index (χ3n) is 3.21. The van der Waals surface area contributed by atoms with Crippen LogP contribution in [0.3, 0.4) is 0 Å². The van der Waals surface area contributed by atoms with Crippen LogP contribution < -0.4 is 15.4 Å². The van der Waals surface area contributed by atoms with Gasteiger partial charge in [0.25, 0.3) is 0 Å². The maximum atomic E-state index is 12.1. The normalized spacial score (nSPS) is 17.4. The van der Waals surface area contributed by atoms with Crippen LogP contribution in [0.4, 0.5) is 8.78 Å². The van der Waals surface area contributed by atoms with Crippen LogP contribution in [0.5, 0.6) is 5.75 Å². The molecule has 7 heteroatoms. The molecule has 0 spiro atoms. The molecule has 0 radical (unpaired) electrons. The standard InChI is InChI=1S/C14H18F2N2O2.ClH/c15-14(16)20-12-5-1-3-10(7-12)9-18-13(19)8-11-4-2-6-17-11;/h1,3,5,7,11,14,17H,2,4,6,8-9H2,(H,18,19);1H. The number of amides is 1. The van der Waals surface area contributed by atoms with E-state index in [2.05, 4.69) is 15.4 Å². The van der Waals surface area contributed by atoms with Crippen molar-refractivity contribution in [2.24, 2.45) is 0 Å². The Morgan fingerprint density at radius 2 is 2.29 bits per heavy atom. The number of hydrogen-bond acceptors (Lipinski definition) is 3. The van der Waals surface area contributed by atoms with Crippen molar-refractivity contribution in [3.63, 3.8) is 0 Å². The lowest BCUT2D eigenvalue weighted by Gasteiger charge is -2.11. The first-order valence-electron chi connectivity index (χ1n) is 6.67. The minimum Gasteiger partial charge on any atom is -0.435 e. The number of ether oxygens (including phenoxy) is 1. The van der Waals surface area contributed by atoms with E-state index < -0.39 is 6.61 Å². The smallest absolute Gasteiger partial charge is 0.387 e. The van der Waals surface area contributed by atoms with Gasteiger partial charge in [-0.15, -0.1) is 12.4 Å². The number of nitrogens with one attached hydrogen (secondary N) is 2. The van der Waals surface area contributed by atoms with E-state index in [1.807, 2.05) is 0 Å². The first kappa shape index (κ1) is 17.7. The molecule has 1 aliphatic rings. The number of halogens is 3. The third-order valence-corrected chi connectivity index (χ3v) is 3.21. The highest BCUT2D eigenvalue weighted by atomic mass is 35.5. The van der Waals surface area contributed by atoms with Gasteiger partial charge in [-0.3, -0.25) is 4.79 Å². The summed E-state index contributed by atoms with van der Waals surface area (Å²) < 4.78 is 28.5. The minimum absolute atomic E-state index is 0. The Bertz CT molecular complexity index is 454. The topological polar surface area (TPSA) is 50.4 Å². The third kappa shape index (κ3) is 6.27. The molecule has 1 aromatic carbocycles. The molecule has 1 saturated heterocycles. The molecule has 21 heavy (non-hydrogen) atoms. The van der Waals surface area contributed by atoms with E-state index in [0.29, 0.717) is 13.0 Å². The van der Waals surface area contributed by atoms with Crippen LogP contribution in [-0.4, -0.2) is 25.1 Å². The lowest BCUT2D eigenvalue weighted by Crippen LogP contribution is -2.31. The SMILES string of the molecule is Cl.O=C(CC1CCCN1)NCc1cccc(OC(F)F)c1. The fraction of sp³-hybridized carbons (Fsp3) is 0.500. The van der Waals surface area contributed by atoms with Gasteiger partial charge in [-0.25, -0.2) is 0 Å². The van der Waals surface area contributed by atoms with E-state index in [1.54, 1.807) is 12.1 Å². The summed E-state index contributed by atoms with van der Waals surface area (Å²) in [5.41, 5.74) is 0.732. The molecule has 4 nitrogen and oxygen atoms in total. The van der Waals surface area contributed by atoms with Crippen LogP contribution in [0.1, 0.15) is 24.8 Å². The zero-order valence-electron chi connectivity index (χ0n) is 11.5. The lowest BCUT2D eigenvalue weighted by molar-refractivity contribution is -0.121. The Labute approximate surface area is 128 Å². The Hall–Kier alpha value is -1.40. The van der Waals surface area contributed by atoms with Gasteiger partial charge >= 0.3 is 6.61 Å². The average molecular weight is 321 g/mol. The molecule has 2 rings (SSSR count). The summed E-state index contributed by atoms with van der Waals surface area (Å²) >= 11 is 0. The van der Waals surface area contributed by atoms with Gasteiger partial charge in [0.15, 0.2) is 0 Å². The number of hydrogen-bond donors (Lipinski definition) is 2. The molecule has 0 aliphatic carbocycles. The number of carbonyl (C=O) groups is 1. The van der Waals surface area contributed by atoms with Crippen LogP contribution in [0.2, 0.25) is 0 Å². The Balaban J connectivity index is 0.00000220. The van der Waals surface area contributed by atoms with E-state index in [-0.39, 0.29) is 30.1 Å². The first-order valence-corrected chi connectivity index (χ1v) is 6.67. The van der Waals surface area contributed by atoms with Crippen molar-refractivity contribution in [3.8, 4) is 5.75 Å². The summed E-state index contributed by atoms with van der Waals surface area (Å²) in [4.78, 5) is 11.7. The highest BCUT2D eigenvalue weighted by Crippen LogP contribution is 2.16. The highest BCUT2D eigenvalue weighted by molar-refractivity contribution is 5.85. The highest BCUT2D eigenvalue weighted by Gasteiger charge is 2.17. The van der Waals surface area contributed by atoms with Crippen LogP contribution >= 0.6 is 12.4 Å². The molecule has 1 heterocycles. The predicted molar refractivity (Wildman–Crippen MR) is 77.8 cm³/mol. The van der Waals surface area contributed by atoms with Crippen molar-refractivity contribution in [1.82, 2.24) is 10.6 Å². The van der Waals surface area contributed by atoms with Crippen LogP contribution in [0, 0.1) is 0 Å². The second-order valence-electron chi connectivity index (χ2n) is 4.80. The van der Waals surface area contributed by atoms with E-state index in [9.17, 15) is 13.6 Å². The van der Waals surface area contributed by atoms with Gasteiger partial charge < -0.3 is 15.4 Å². The molecular formula is C14H19ClF2N2O2. The second-order valence-corrected chi connectivity index (χ2v) is 4.80. The summed E-state index contributed by atoms with van der Waals surface area (Å²) in [5.74, 6) is 0.0637. The molecule has 0 bridgehead atoms. The molecule has 0 aromatic heterocycles. The summed E-state index contributed by atoms with van der Waals surface area (Å²) in [6.07, 6.45) is 2.57. The summed E-state index contributed by atoms with van der Waals surface area (Å²) in [6, 6.07) is 6.59.